The van der Waals surface area contributed by atoms with E-state index in [1.54, 1.807) is 34.1 Å². The van der Waals surface area contributed by atoms with Crippen molar-refractivity contribution in [1.82, 2.24) is 19.1 Å². The highest BCUT2D eigenvalue weighted by Gasteiger charge is 2.29. The van der Waals surface area contributed by atoms with Crippen molar-refractivity contribution in [2.24, 2.45) is 0 Å². The van der Waals surface area contributed by atoms with Gasteiger partial charge in [0.25, 0.3) is 5.91 Å². The normalized spacial score (nSPS) is 13.6. The van der Waals surface area contributed by atoms with Gasteiger partial charge in [-0.2, -0.15) is 9.40 Å². The summed E-state index contributed by atoms with van der Waals surface area (Å²) in [6.07, 6.45) is 3.77. The predicted molar refractivity (Wildman–Crippen MR) is 117 cm³/mol. The Morgan fingerprint density at radius 3 is 2.48 bits per heavy atom. The van der Waals surface area contributed by atoms with Crippen molar-refractivity contribution in [3.8, 4) is 0 Å². The Labute approximate surface area is 182 Å². The molecular formula is C22H25N5O3S. The lowest BCUT2D eigenvalue weighted by Gasteiger charge is -2.20. The first-order valence-electron chi connectivity index (χ1n) is 10.3. The first-order chi connectivity index (χ1) is 14.9. The Hall–Kier alpha value is -3.04. The highest BCUT2D eigenvalue weighted by Crippen LogP contribution is 2.32. The molecule has 2 aromatic carbocycles. The number of hydrogen-bond acceptors (Lipinski definition) is 5. The van der Waals surface area contributed by atoms with Gasteiger partial charge in [-0.1, -0.05) is 26.0 Å². The number of amides is 1. The zero-order chi connectivity index (χ0) is 22.0. The molecule has 0 aliphatic carbocycles. The minimum Gasteiger partial charge on any atom is -0.308 e. The van der Waals surface area contributed by atoms with Crippen LogP contribution >= 0.6 is 0 Å². The Morgan fingerprint density at radius 1 is 1.10 bits per heavy atom. The van der Waals surface area contributed by atoms with E-state index in [4.69, 9.17) is 0 Å². The predicted octanol–water partition coefficient (Wildman–Crippen LogP) is 2.56. The summed E-state index contributed by atoms with van der Waals surface area (Å²) >= 11 is 0. The Kier molecular flexibility index (Phi) is 5.88. The summed E-state index contributed by atoms with van der Waals surface area (Å²) in [5.41, 5.74) is 3.27. The number of sulfonamides is 1. The van der Waals surface area contributed by atoms with Gasteiger partial charge in [0.05, 0.1) is 11.4 Å². The summed E-state index contributed by atoms with van der Waals surface area (Å²) in [5.74, 6) is -0.0922. The molecule has 0 spiro atoms. The van der Waals surface area contributed by atoms with Crippen molar-refractivity contribution < 1.29 is 13.2 Å². The second-order valence-corrected chi connectivity index (χ2v) is 9.31. The number of aromatic nitrogens is 3. The average Bonchev–Trinajstić information content (AvgIpc) is 3.43. The van der Waals surface area contributed by atoms with E-state index in [1.807, 2.05) is 38.1 Å². The zero-order valence-electron chi connectivity index (χ0n) is 17.6. The summed E-state index contributed by atoms with van der Waals surface area (Å²) in [4.78, 5) is 19.0. The fourth-order valence-corrected chi connectivity index (χ4v) is 5.38. The van der Waals surface area contributed by atoms with Crippen LogP contribution in [0.2, 0.25) is 0 Å². The maximum absolute atomic E-state index is 13.1. The van der Waals surface area contributed by atoms with Crippen molar-refractivity contribution in [1.29, 1.82) is 0 Å². The molecular weight excluding hydrogens is 414 g/mol. The Morgan fingerprint density at radius 2 is 1.84 bits per heavy atom. The van der Waals surface area contributed by atoms with Crippen molar-refractivity contribution in [2.75, 3.05) is 24.5 Å². The molecule has 31 heavy (non-hydrogen) atoms. The number of nitrogens with zero attached hydrogens (tertiary/aromatic N) is 5. The van der Waals surface area contributed by atoms with Crippen LogP contribution in [0, 0.1) is 0 Å². The van der Waals surface area contributed by atoms with Crippen LogP contribution in [0.4, 0.5) is 5.69 Å². The lowest BCUT2D eigenvalue weighted by Crippen LogP contribution is -2.30. The van der Waals surface area contributed by atoms with E-state index in [2.05, 4.69) is 10.1 Å². The number of benzene rings is 2. The molecule has 0 unspecified atom stereocenters. The number of rotatable bonds is 7. The molecule has 0 saturated carbocycles. The summed E-state index contributed by atoms with van der Waals surface area (Å²) in [7, 11) is -3.52. The average molecular weight is 440 g/mol. The summed E-state index contributed by atoms with van der Waals surface area (Å²) in [6, 6.07) is 12.5. The molecule has 9 heteroatoms. The van der Waals surface area contributed by atoms with Crippen molar-refractivity contribution in [3.63, 3.8) is 0 Å². The van der Waals surface area contributed by atoms with Crippen LogP contribution in [0.3, 0.4) is 0 Å². The molecule has 0 bridgehead atoms. The Balaban J connectivity index is 1.53. The van der Waals surface area contributed by atoms with Gasteiger partial charge in [-0.05, 0) is 47.9 Å². The summed E-state index contributed by atoms with van der Waals surface area (Å²) < 4.78 is 28.8. The molecule has 4 rings (SSSR count). The quantitative estimate of drug-likeness (QED) is 0.565. The minimum absolute atomic E-state index is 0.0922. The van der Waals surface area contributed by atoms with E-state index in [1.165, 1.54) is 10.6 Å². The maximum atomic E-state index is 13.1. The van der Waals surface area contributed by atoms with Crippen LogP contribution in [-0.2, 0) is 23.0 Å². The number of fused-ring (bicyclic) bond motifs is 1. The van der Waals surface area contributed by atoms with Crippen LogP contribution in [0.5, 0.6) is 0 Å². The van der Waals surface area contributed by atoms with Gasteiger partial charge in [0.1, 0.15) is 12.7 Å². The molecule has 0 radical (unpaired) electrons. The van der Waals surface area contributed by atoms with Crippen LogP contribution in [0.15, 0.2) is 60.0 Å². The number of hydrogen-bond donors (Lipinski definition) is 0. The minimum atomic E-state index is -3.52. The molecule has 0 N–H and O–H groups in total. The number of carbonyl (C=O) groups is 1. The van der Waals surface area contributed by atoms with E-state index in [-0.39, 0.29) is 10.8 Å². The summed E-state index contributed by atoms with van der Waals surface area (Å²) in [6.45, 7) is 5.62. The van der Waals surface area contributed by atoms with Crippen LogP contribution in [0.1, 0.15) is 35.3 Å². The molecule has 0 fully saturated rings. The van der Waals surface area contributed by atoms with E-state index in [9.17, 15) is 13.2 Å². The maximum Gasteiger partial charge on any atom is 0.258 e. The molecule has 1 aliphatic heterocycles. The van der Waals surface area contributed by atoms with Crippen LogP contribution in [0.25, 0.3) is 0 Å². The summed E-state index contributed by atoms with van der Waals surface area (Å²) in [5, 5.41) is 4.09. The highest BCUT2D eigenvalue weighted by atomic mass is 32.2. The lowest BCUT2D eigenvalue weighted by molar-refractivity contribution is 0.0989. The third kappa shape index (κ3) is 4.11. The van der Waals surface area contributed by atoms with Gasteiger partial charge in [0.15, 0.2) is 0 Å². The van der Waals surface area contributed by atoms with Gasteiger partial charge in [0.2, 0.25) is 10.0 Å². The second-order valence-electron chi connectivity index (χ2n) is 7.38. The van der Waals surface area contributed by atoms with Gasteiger partial charge in [-0.25, -0.2) is 18.1 Å². The number of anilines is 1. The molecule has 2 heterocycles. The van der Waals surface area contributed by atoms with Gasteiger partial charge < -0.3 is 4.90 Å². The standard InChI is InChI=1S/C22H25N5O3S/c1-3-26(4-2)31(29,30)20-9-10-21-19(13-20)11-12-27(21)22(28)18-7-5-17(6-8-18)14-25-16-23-15-24-25/h5-10,13,15-16H,3-4,11-12,14H2,1-2H3. The molecule has 0 atom stereocenters. The topological polar surface area (TPSA) is 88.4 Å². The van der Waals surface area contributed by atoms with E-state index in [0.29, 0.717) is 38.2 Å². The first kappa shape index (κ1) is 21.2. The molecule has 8 nitrogen and oxygen atoms in total. The molecule has 1 aliphatic rings. The Bertz CT molecular complexity index is 1170. The van der Waals surface area contributed by atoms with E-state index in [0.717, 1.165) is 16.8 Å². The van der Waals surface area contributed by atoms with Gasteiger partial charge in [-0.15, -0.1) is 0 Å². The van der Waals surface area contributed by atoms with Gasteiger partial charge in [-0.3, -0.25) is 4.79 Å². The smallest absolute Gasteiger partial charge is 0.258 e. The van der Waals surface area contributed by atoms with Crippen LogP contribution < -0.4 is 4.90 Å². The fourth-order valence-electron chi connectivity index (χ4n) is 3.87. The van der Waals surface area contributed by atoms with E-state index >= 15 is 0 Å². The van der Waals surface area contributed by atoms with Crippen LogP contribution in [-0.4, -0.2) is 53.0 Å². The SMILES string of the molecule is CCN(CC)S(=O)(=O)c1ccc2c(c1)CCN2C(=O)c1ccc(Cn2cncn2)cc1. The van der Waals surface area contributed by atoms with Gasteiger partial charge in [0, 0.05) is 30.9 Å². The van der Waals surface area contributed by atoms with Gasteiger partial charge >= 0.3 is 0 Å². The molecule has 162 valence electrons. The van der Waals surface area contributed by atoms with Crippen molar-refractivity contribution >= 4 is 21.6 Å². The molecule has 1 aromatic heterocycles. The lowest BCUT2D eigenvalue weighted by atomic mass is 10.1. The third-order valence-electron chi connectivity index (χ3n) is 5.55. The van der Waals surface area contributed by atoms with Crippen molar-refractivity contribution in [2.45, 2.75) is 31.7 Å². The van der Waals surface area contributed by atoms with E-state index < -0.39 is 10.0 Å². The first-order valence-corrected chi connectivity index (χ1v) is 11.7. The monoisotopic (exact) mass is 439 g/mol. The number of carbonyl (C=O) groups excluding carboxylic acids is 1. The molecule has 3 aromatic rings. The van der Waals surface area contributed by atoms with Crippen molar-refractivity contribution in [3.05, 3.63) is 71.8 Å². The fraction of sp³-hybridized carbons (Fsp3) is 0.318. The zero-order valence-corrected chi connectivity index (χ0v) is 18.4. The largest absolute Gasteiger partial charge is 0.308 e. The molecule has 1 amide bonds. The third-order valence-corrected chi connectivity index (χ3v) is 7.59. The second kappa shape index (κ2) is 8.60. The highest BCUT2D eigenvalue weighted by molar-refractivity contribution is 7.89. The molecule has 0 saturated heterocycles.